The van der Waals surface area contributed by atoms with Crippen LogP contribution in [0, 0.1) is 6.92 Å². The number of benzene rings is 1. The molecule has 0 N–H and O–H groups in total. The van der Waals surface area contributed by atoms with Crippen molar-refractivity contribution in [3.8, 4) is 5.75 Å². The number of halogens is 1. The smallest absolute Gasteiger partial charge is 0.336 e. The minimum Gasteiger partial charge on any atom is -0.422 e. The molecule has 0 aliphatic heterocycles. The lowest BCUT2D eigenvalue weighted by molar-refractivity contribution is -0.128. The summed E-state index contributed by atoms with van der Waals surface area (Å²) in [4.78, 5) is 21.0. The number of hydrogen-bond donors (Lipinski definition) is 0. The average molecular weight is 331 g/mol. The summed E-state index contributed by atoms with van der Waals surface area (Å²) >= 11 is 7.73. The zero-order valence-electron chi connectivity index (χ0n) is 11.6. The van der Waals surface area contributed by atoms with Gasteiger partial charge < -0.3 is 4.74 Å². The highest BCUT2D eigenvalue weighted by Crippen LogP contribution is 2.32. The summed E-state index contributed by atoms with van der Waals surface area (Å²) in [6, 6.07) is 7.16. The molecule has 110 valence electrons. The van der Waals surface area contributed by atoms with Crippen LogP contribution in [0.4, 0.5) is 0 Å². The van der Waals surface area contributed by atoms with Gasteiger partial charge >= 0.3 is 5.97 Å². The molecule has 3 aromatic rings. The second-order valence-corrected chi connectivity index (χ2v) is 5.85. The molecule has 0 amide bonds. The second kappa shape index (κ2) is 6.25. The van der Waals surface area contributed by atoms with Gasteiger partial charge in [0.1, 0.15) is 0 Å². The third kappa shape index (κ3) is 3.16. The molecule has 0 saturated heterocycles. The highest BCUT2D eigenvalue weighted by molar-refractivity contribution is 7.10. The van der Waals surface area contributed by atoms with Crippen molar-refractivity contribution < 1.29 is 9.53 Å². The molecular formula is C16H11ClN2O2S. The number of nitrogens with zero attached hydrogens (tertiary/aromatic N) is 2. The fraction of sp³-hybridized carbons (Fsp3) is 0.0625. The maximum absolute atomic E-state index is 11.9. The predicted octanol–water partition coefficient (Wildman–Crippen LogP) is 4.27. The highest BCUT2D eigenvalue weighted by atomic mass is 35.5. The van der Waals surface area contributed by atoms with Crippen molar-refractivity contribution in [2.24, 2.45) is 0 Å². The number of esters is 1. The zero-order valence-corrected chi connectivity index (χ0v) is 13.2. The van der Waals surface area contributed by atoms with Crippen LogP contribution in [-0.2, 0) is 4.79 Å². The summed E-state index contributed by atoms with van der Waals surface area (Å²) in [6.07, 6.45) is 4.67. The van der Waals surface area contributed by atoms with Crippen molar-refractivity contribution >= 4 is 45.9 Å². The van der Waals surface area contributed by atoms with Crippen molar-refractivity contribution in [2.75, 3.05) is 0 Å². The van der Waals surface area contributed by atoms with E-state index in [1.807, 2.05) is 19.1 Å². The topological polar surface area (TPSA) is 52.1 Å². The summed E-state index contributed by atoms with van der Waals surface area (Å²) in [5.41, 5.74) is 3.37. The van der Waals surface area contributed by atoms with Crippen molar-refractivity contribution in [1.29, 1.82) is 0 Å². The van der Waals surface area contributed by atoms with E-state index in [9.17, 15) is 4.79 Å². The van der Waals surface area contributed by atoms with Gasteiger partial charge in [0.25, 0.3) is 0 Å². The monoisotopic (exact) mass is 330 g/mol. The largest absolute Gasteiger partial charge is 0.422 e. The molecule has 0 aliphatic rings. The predicted molar refractivity (Wildman–Crippen MR) is 88.3 cm³/mol. The van der Waals surface area contributed by atoms with E-state index < -0.39 is 5.97 Å². The van der Waals surface area contributed by atoms with Gasteiger partial charge in [-0.25, -0.2) is 4.79 Å². The van der Waals surface area contributed by atoms with E-state index in [0.717, 1.165) is 21.5 Å². The lowest BCUT2D eigenvalue weighted by atomic mass is 10.2. The molecule has 4 nitrogen and oxygen atoms in total. The Morgan fingerprint density at radius 1 is 1.32 bits per heavy atom. The van der Waals surface area contributed by atoms with Crippen molar-refractivity contribution in [3.63, 3.8) is 0 Å². The standard InChI is InChI=1S/C16H11ClN2O2S/c1-10-2-4-12-13(19-10)5-6-14(16(12)17)21-15(20)7-3-11-8-18-9-22-11/h2-9H,1H3/b7-3+. The number of aryl methyl sites for hydroxylation is 1. The number of fused-ring (bicyclic) bond motifs is 1. The van der Waals surface area contributed by atoms with E-state index in [4.69, 9.17) is 16.3 Å². The summed E-state index contributed by atoms with van der Waals surface area (Å²) in [7, 11) is 0. The van der Waals surface area contributed by atoms with Crippen molar-refractivity contribution in [3.05, 3.63) is 57.6 Å². The number of ether oxygens (including phenoxy) is 1. The number of carbonyl (C=O) groups is 1. The molecule has 2 heterocycles. The molecule has 0 atom stereocenters. The second-order valence-electron chi connectivity index (χ2n) is 4.56. The molecule has 0 aliphatic carbocycles. The highest BCUT2D eigenvalue weighted by Gasteiger charge is 2.10. The Balaban J connectivity index is 1.83. The van der Waals surface area contributed by atoms with Crippen LogP contribution in [-0.4, -0.2) is 15.9 Å². The van der Waals surface area contributed by atoms with E-state index in [-0.39, 0.29) is 0 Å². The molecule has 0 spiro atoms. The van der Waals surface area contributed by atoms with Gasteiger partial charge in [-0.05, 0) is 37.3 Å². The Labute approximate surface area is 136 Å². The summed E-state index contributed by atoms with van der Waals surface area (Å²) in [5.74, 6) is -0.173. The number of carbonyl (C=O) groups excluding carboxylic acids is 1. The average Bonchev–Trinajstić information content (AvgIpc) is 3.01. The number of aromatic nitrogens is 2. The van der Waals surface area contributed by atoms with Crippen LogP contribution in [0.3, 0.4) is 0 Å². The minimum atomic E-state index is -0.491. The molecule has 3 rings (SSSR count). The Kier molecular flexibility index (Phi) is 4.18. The number of rotatable bonds is 3. The van der Waals surface area contributed by atoms with E-state index in [2.05, 4.69) is 9.97 Å². The lowest BCUT2D eigenvalue weighted by Crippen LogP contribution is -2.04. The van der Waals surface area contributed by atoms with Gasteiger partial charge in [-0.1, -0.05) is 11.6 Å². The molecule has 2 aromatic heterocycles. The maximum Gasteiger partial charge on any atom is 0.336 e. The van der Waals surface area contributed by atoms with Crippen LogP contribution in [0.25, 0.3) is 17.0 Å². The van der Waals surface area contributed by atoms with Gasteiger partial charge in [0.15, 0.2) is 5.75 Å². The zero-order chi connectivity index (χ0) is 15.5. The molecule has 0 unspecified atom stereocenters. The first kappa shape index (κ1) is 14.7. The van der Waals surface area contributed by atoms with Gasteiger partial charge in [-0.3, -0.25) is 9.97 Å². The third-order valence-electron chi connectivity index (χ3n) is 2.95. The molecule has 1 aromatic carbocycles. The number of thiazole rings is 1. The van der Waals surface area contributed by atoms with Crippen molar-refractivity contribution in [1.82, 2.24) is 9.97 Å². The Bertz CT molecular complexity index is 860. The SMILES string of the molecule is Cc1ccc2c(Cl)c(OC(=O)/C=C/c3cncs3)ccc2n1. The van der Waals surface area contributed by atoms with E-state index in [0.29, 0.717) is 10.8 Å². The van der Waals surface area contributed by atoms with Gasteiger partial charge in [-0.15, -0.1) is 11.3 Å². The quantitative estimate of drug-likeness (QED) is 0.409. The Morgan fingerprint density at radius 2 is 2.18 bits per heavy atom. The normalized spacial score (nSPS) is 11.2. The fourth-order valence-corrected chi connectivity index (χ4v) is 2.70. The van der Waals surface area contributed by atoms with Crippen LogP contribution in [0.5, 0.6) is 5.75 Å². The van der Waals surface area contributed by atoms with Crippen LogP contribution in [0.1, 0.15) is 10.6 Å². The van der Waals surface area contributed by atoms with Gasteiger partial charge in [0.2, 0.25) is 0 Å². The van der Waals surface area contributed by atoms with Crippen LogP contribution >= 0.6 is 22.9 Å². The maximum atomic E-state index is 11.9. The first-order chi connectivity index (χ1) is 10.6. The molecule has 0 saturated carbocycles. The van der Waals surface area contributed by atoms with Crippen molar-refractivity contribution in [2.45, 2.75) is 6.92 Å². The van der Waals surface area contributed by atoms with E-state index in [1.54, 1.807) is 29.9 Å². The first-order valence-electron chi connectivity index (χ1n) is 6.48. The molecular weight excluding hydrogens is 320 g/mol. The molecule has 0 radical (unpaired) electrons. The number of hydrogen-bond acceptors (Lipinski definition) is 5. The molecule has 6 heteroatoms. The van der Waals surface area contributed by atoms with Crippen LogP contribution in [0.15, 0.2) is 42.0 Å². The first-order valence-corrected chi connectivity index (χ1v) is 7.73. The summed E-state index contributed by atoms with van der Waals surface area (Å²) < 4.78 is 5.28. The molecule has 0 fully saturated rings. The fourth-order valence-electron chi connectivity index (χ4n) is 1.93. The van der Waals surface area contributed by atoms with Gasteiger partial charge in [-0.2, -0.15) is 0 Å². The van der Waals surface area contributed by atoms with E-state index >= 15 is 0 Å². The Hall–Kier alpha value is -2.24. The molecule has 0 bridgehead atoms. The third-order valence-corrected chi connectivity index (χ3v) is 4.09. The van der Waals surface area contributed by atoms with Gasteiger partial charge in [0.05, 0.1) is 16.0 Å². The van der Waals surface area contributed by atoms with E-state index in [1.165, 1.54) is 17.4 Å². The molecule has 22 heavy (non-hydrogen) atoms. The number of pyridine rings is 1. The van der Waals surface area contributed by atoms with Gasteiger partial charge in [0, 0.05) is 28.2 Å². The Morgan fingerprint density at radius 3 is 2.95 bits per heavy atom. The van der Waals surface area contributed by atoms with Crippen LogP contribution < -0.4 is 4.74 Å². The van der Waals surface area contributed by atoms with Crippen LogP contribution in [0.2, 0.25) is 5.02 Å². The minimum absolute atomic E-state index is 0.318. The lowest BCUT2D eigenvalue weighted by Gasteiger charge is -2.07. The summed E-state index contributed by atoms with van der Waals surface area (Å²) in [5, 5.41) is 1.13. The summed E-state index contributed by atoms with van der Waals surface area (Å²) in [6.45, 7) is 1.91.